The molecule has 1 saturated carbocycles. The van der Waals surface area contributed by atoms with Crippen LogP contribution in [-0.4, -0.2) is 30.4 Å². The second kappa shape index (κ2) is 9.45. The number of para-hydroxylation sites is 1. The van der Waals surface area contributed by atoms with Gasteiger partial charge in [0.2, 0.25) is 5.91 Å². The van der Waals surface area contributed by atoms with Crippen LogP contribution in [0.5, 0.6) is 5.75 Å². The number of primary amides is 1. The molecular formula is C25H25N3O3. The van der Waals surface area contributed by atoms with E-state index in [0.717, 1.165) is 28.9 Å². The van der Waals surface area contributed by atoms with E-state index in [1.165, 1.54) is 0 Å². The molecule has 0 radical (unpaired) electrons. The lowest BCUT2D eigenvalue weighted by Crippen LogP contribution is -2.35. The normalized spacial score (nSPS) is 17.0. The van der Waals surface area contributed by atoms with E-state index < -0.39 is 5.91 Å². The molecule has 1 fully saturated rings. The maximum Gasteiger partial charge on any atom is 0.251 e. The van der Waals surface area contributed by atoms with Crippen molar-refractivity contribution in [2.24, 2.45) is 5.73 Å². The second-order valence-electron chi connectivity index (χ2n) is 7.62. The van der Waals surface area contributed by atoms with Gasteiger partial charge in [-0.25, -0.2) is 0 Å². The Kier molecular flexibility index (Phi) is 6.29. The van der Waals surface area contributed by atoms with Crippen LogP contribution in [0.1, 0.15) is 22.3 Å². The van der Waals surface area contributed by atoms with Crippen LogP contribution in [0.2, 0.25) is 0 Å². The van der Waals surface area contributed by atoms with Crippen LogP contribution < -0.4 is 21.1 Å². The lowest BCUT2D eigenvalue weighted by molar-refractivity contribution is -0.117. The highest BCUT2D eigenvalue weighted by atomic mass is 16.5. The molecule has 3 aromatic carbocycles. The average Bonchev–Trinajstić information content (AvgIpc) is 3.55. The highest BCUT2D eigenvalue weighted by molar-refractivity contribution is 5.96. The van der Waals surface area contributed by atoms with Gasteiger partial charge in [-0.15, -0.1) is 0 Å². The minimum Gasteiger partial charge on any atom is -0.488 e. The maximum atomic E-state index is 12.7. The summed E-state index contributed by atoms with van der Waals surface area (Å²) in [5.41, 5.74) is 8.66. The summed E-state index contributed by atoms with van der Waals surface area (Å²) >= 11 is 0. The van der Waals surface area contributed by atoms with Crippen LogP contribution in [0.3, 0.4) is 0 Å². The number of benzene rings is 3. The van der Waals surface area contributed by atoms with Gasteiger partial charge in [-0.2, -0.15) is 0 Å². The number of hydrogen-bond donors (Lipinski definition) is 3. The van der Waals surface area contributed by atoms with E-state index in [9.17, 15) is 9.59 Å². The van der Waals surface area contributed by atoms with E-state index in [0.29, 0.717) is 12.2 Å². The molecule has 31 heavy (non-hydrogen) atoms. The van der Waals surface area contributed by atoms with E-state index in [2.05, 4.69) is 10.6 Å². The number of carbonyl (C=O) groups is 2. The third kappa shape index (κ3) is 5.49. The minimum atomic E-state index is -0.405. The molecule has 0 heterocycles. The number of amides is 2. The molecule has 6 heteroatoms. The van der Waals surface area contributed by atoms with Crippen molar-refractivity contribution in [3.63, 3.8) is 0 Å². The van der Waals surface area contributed by atoms with Crippen molar-refractivity contribution in [2.45, 2.75) is 25.1 Å². The monoisotopic (exact) mass is 415 g/mol. The number of ether oxygens (including phenoxy) is 1. The summed E-state index contributed by atoms with van der Waals surface area (Å²) in [7, 11) is 0. The Bertz CT molecular complexity index is 1070. The summed E-state index contributed by atoms with van der Waals surface area (Å²) in [5, 5.41) is 6.03. The van der Waals surface area contributed by atoms with Gasteiger partial charge in [0.15, 0.2) is 0 Å². The molecule has 6 nitrogen and oxygen atoms in total. The summed E-state index contributed by atoms with van der Waals surface area (Å²) in [6.45, 7) is 0.589. The predicted octanol–water partition coefficient (Wildman–Crippen LogP) is 2.88. The molecule has 0 aliphatic heterocycles. The molecular weight excluding hydrogens is 390 g/mol. The minimum absolute atomic E-state index is 0.0111. The molecule has 0 spiro atoms. The molecule has 158 valence electrons. The van der Waals surface area contributed by atoms with Crippen molar-refractivity contribution >= 4 is 11.8 Å². The van der Waals surface area contributed by atoms with Crippen LogP contribution in [0.4, 0.5) is 0 Å². The summed E-state index contributed by atoms with van der Waals surface area (Å²) < 4.78 is 6.07. The molecule has 0 saturated heterocycles. The maximum absolute atomic E-state index is 12.7. The zero-order chi connectivity index (χ0) is 21.6. The Morgan fingerprint density at radius 1 is 0.935 bits per heavy atom. The van der Waals surface area contributed by atoms with Crippen molar-refractivity contribution in [3.8, 4) is 16.9 Å². The zero-order valence-electron chi connectivity index (χ0n) is 17.1. The third-order valence-electron chi connectivity index (χ3n) is 5.21. The van der Waals surface area contributed by atoms with Crippen LogP contribution in [0.15, 0.2) is 78.9 Å². The molecule has 2 amide bonds. The van der Waals surface area contributed by atoms with Gasteiger partial charge in [0.25, 0.3) is 5.91 Å². The molecule has 1 aliphatic carbocycles. The second-order valence-corrected chi connectivity index (χ2v) is 7.62. The van der Waals surface area contributed by atoms with Crippen molar-refractivity contribution in [1.29, 1.82) is 0 Å². The summed E-state index contributed by atoms with van der Waals surface area (Å²) in [4.78, 5) is 23.6. The first-order valence-corrected chi connectivity index (χ1v) is 10.3. The molecule has 4 rings (SSSR count). The molecule has 1 aliphatic rings. The fourth-order valence-electron chi connectivity index (χ4n) is 3.46. The Hall–Kier alpha value is -3.64. The average molecular weight is 415 g/mol. The van der Waals surface area contributed by atoms with Crippen LogP contribution in [0, 0.1) is 0 Å². The number of nitrogens with two attached hydrogens (primary N) is 1. The molecule has 4 N–H and O–H groups in total. The Morgan fingerprint density at radius 2 is 1.71 bits per heavy atom. The lowest BCUT2D eigenvalue weighted by atomic mass is 10.0. The van der Waals surface area contributed by atoms with Gasteiger partial charge in [0, 0.05) is 23.2 Å². The van der Waals surface area contributed by atoms with E-state index in [1.54, 1.807) is 6.07 Å². The van der Waals surface area contributed by atoms with E-state index in [1.807, 2.05) is 72.8 Å². The van der Waals surface area contributed by atoms with Gasteiger partial charge in [-0.3, -0.25) is 9.59 Å². The Balaban J connectivity index is 1.44. The lowest BCUT2D eigenvalue weighted by Gasteiger charge is -2.13. The highest BCUT2D eigenvalue weighted by Gasteiger charge is 2.38. The summed E-state index contributed by atoms with van der Waals surface area (Å²) in [6, 6.07) is 25.4. The van der Waals surface area contributed by atoms with Crippen LogP contribution in [0.25, 0.3) is 11.1 Å². The summed E-state index contributed by atoms with van der Waals surface area (Å²) in [6.07, 6.45) is 0.787. The summed E-state index contributed by atoms with van der Waals surface area (Å²) in [5.74, 6) is 0.220. The van der Waals surface area contributed by atoms with Gasteiger partial charge in [-0.05, 0) is 35.7 Å². The number of carbonyl (C=O) groups excluding carboxylic acids is 2. The van der Waals surface area contributed by atoms with Crippen LogP contribution >= 0.6 is 0 Å². The third-order valence-corrected chi connectivity index (χ3v) is 5.21. The predicted molar refractivity (Wildman–Crippen MR) is 120 cm³/mol. The topological polar surface area (TPSA) is 93.5 Å². The van der Waals surface area contributed by atoms with E-state index in [4.69, 9.17) is 10.5 Å². The SMILES string of the molecule is NC(=O)CN[C@@H]1C[C@H]1NC(=O)c1cccc(-c2ccccc2OCc2ccccc2)c1. The number of nitrogens with one attached hydrogen (secondary N) is 2. The van der Waals surface area contributed by atoms with Crippen LogP contribution in [-0.2, 0) is 11.4 Å². The van der Waals surface area contributed by atoms with Gasteiger partial charge >= 0.3 is 0 Å². The fraction of sp³-hybridized carbons (Fsp3) is 0.200. The van der Waals surface area contributed by atoms with Crippen molar-refractivity contribution < 1.29 is 14.3 Å². The quantitative estimate of drug-likeness (QED) is 0.501. The van der Waals surface area contributed by atoms with Crippen molar-refractivity contribution in [2.75, 3.05) is 6.54 Å². The molecule has 2 atom stereocenters. The van der Waals surface area contributed by atoms with Gasteiger partial charge < -0.3 is 21.1 Å². The largest absolute Gasteiger partial charge is 0.488 e. The standard InChI is InChI=1S/C25H25N3O3/c26-24(29)15-27-21-14-22(21)28-25(30)19-10-6-9-18(13-19)20-11-4-5-12-23(20)31-16-17-7-2-1-3-8-17/h1-13,21-22,27H,14-16H2,(H2,26,29)(H,28,30)/t21-,22-/m1/s1. The fourth-order valence-corrected chi connectivity index (χ4v) is 3.46. The highest BCUT2D eigenvalue weighted by Crippen LogP contribution is 2.31. The van der Waals surface area contributed by atoms with E-state index >= 15 is 0 Å². The first-order chi connectivity index (χ1) is 15.1. The number of rotatable bonds is 9. The molecule has 0 unspecified atom stereocenters. The van der Waals surface area contributed by atoms with E-state index in [-0.39, 0.29) is 24.5 Å². The Morgan fingerprint density at radius 3 is 2.52 bits per heavy atom. The molecule has 3 aromatic rings. The zero-order valence-corrected chi connectivity index (χ0v) is 17.1. The first-order valence-electron chi connectivity index (χ1n) is 10.3. The smallest absolute Gasteiger partial charge is 0.251 e. The first kappa shape index (κ1) is 20.6. The Labute approximate surface area is 181 Å². The molecule has 0 bridgehead atoms. The van der Waals surface area contributed by atoms with Gasteiger partial charge in [-0.1, -0.05) is 60.7 Å². The number of hydrogen-bond acceptors (Lipinski definition) is 4. The van der Waals surface area contributed by atoms with Crippen molar-refractivity contribution in [1.82, 2.24) is 10.6 Å². The van der Waals surface area contributed by atoms with Gasteiger partial charge in [0.1, 0.15) is 12.4 Å². The van der Waals surface area contributed by atoms with Gasteiger partial charge in [0.05, 0.1) is 6.54 Å². The van der Waals surface area contributed by atoms with Crippen molar-refractivity contribution in [3.05, 3.63) is 90.0 Å². The molecule has 0 aromatic heterocycles.